The third-order valence-corrected chi connectivity index (χ3v) is 4.63. The highest BCUT2D eigenvalue weighted by Crippen LogP contribution is 2.04. The van der Waals surface area contributed by atoms with Crippen LogP contribution in [0, 0.1) is 5.92 Å². The average Bonchev–Trinajstić information content (AvgIpc) is 2.74. The molecule has 3 amide bonds. The first-order valence-corrected chi connectivity index (χ1v) is 10.6. The van der Waals surface area contributed by atoms with Crippen molar-refractivity contribution in [2.75, 3.05) is 13.2 Å². The first-order chi connectivity index (χ1) is 15.8. The Bertz CT molecular complexity index is 755. The van der Waals surface area contributed by atoms with E-state index in [1.165, 1.54) is 0 Å². The summed E-state index contributed by atoms with van der Waals surface area (Å²) in [4.78, 5) is 63.4. The minimum atomic E-state index is -1.54. The number of carboxylic acid groups (broad SMARTS) is 2. The van der Waals surface area contributed by atoms with Crippen molar-refractivity contribution in [3.63, 3.8) is 0 Å². The number of aliphatic hydroxyl groups is 1. The number of aliphatic hydroxyl groups excluding tert-OH is 1. The van der Waals surface area contributed by atoms with Crippen molar-refractivity contribution < 1.29 is 39.3 Å². The van der Waals surface area contributed by atoms with Gasteiger partial charge in [0.1, 0.15) is 18.1 Å². The molecule has 0 rings (SSSR count). The Labute approximate surface area is 196 Å². The van der Waals surface area contributed by atoms with E-state index in [1.807, 2.05) is 0 Å². The van der Waals surface area contributed by atoms with Gasteiger partial charge in [-0.3, -0.25) is 24.2 Å². The number of carbonyl (C=O) groups is 5. The lowest BCUT2D eigenvalue weighted by atomic mass is 10.0. The summed E-state index contributed by atoms with van der Waals surface area (Å²) >= 11 is 0. The first-order valence-electron chi connectivity index (χ1n) is 10.6. The van der Waals surface area contributed by atoms with E-state index >= 15 is 0 Å². The molecule has 0 aromatic carbocycles. The van der Waals surface area contributed by atoms with Gasteiger partial charge >= 0.3 is 11.9 Å². The summed E-state index contributed by atoms with van der Waals surface area (Å²) in [7, 11) is 0. The SMILES string of the molecule is CC(C)C(NC(=O)C(CO)NC(=O)C(CCC(=O)O)NC(=O)C(N)CCCN=C(N)N)C(=O)O. The number of hydrogen-bond donors (Lipinski definition) is 9. The van der Waals surface area contributed by atoms with Crippen LogP contribution in [0.2, 0.25) is 0 Å². The Hall–Kier alpha value is -3.46. The van der Waals surface area contributed by atoms with Crippen LogP contribution >= 0.6 is 0 Å². The fraction of sp³-hybridized carbons (Fsp3) is 0.684. The van der Waals surface area contributed by atoms with E-state index in [0.29, 0.717) is 6.42 Å². The van der Waals surface area contributed by atoms with Crippen molar-refractivity contribution in [1.82, 2.24) is 16.0 Å². The van der Waals surface area contributed by atoms with Crippen LogP contribution in [0.1, 0.15) is 39.5 Å². The van der Waals surface area contributed by atoms with Gasteiger partial charge in [-0.05, 0) is 25.2 Å². The van der Waals surface area contributed by atoms with Gasteiger partial charge in [0, 0.05) is 13.0 Å². The van der Waals surface area contributed by atoms with Crippen LogP contribution in [0.25, 0.3) is 0 Å². The number of hydrogen-bond acceptors (Lipinski definition) is 8. The Morgan fingerprint density at radius 3 is 1.91 bits per heavy atom. The Morgan fingerprint density at radius 2 is 1.44 bits per heavy atom. The zero-order valence-corrected chi connectivity index (χ0v) is 19.2. The van der Waals surface area contributed by atoms with Gasteiger partial charge in [0.15, 0.2) is 5.96 Å². The average molecular weight is 490 g/mol. The maximum Gasteiger partial charge on any atom is 0.326 e. The summed E-state index contributed by atoms with van der Waals surface area (Å²) in [5.41, 5.74) is 16.2. The smallest absolute Gasteiger partial charge is 0.326 e. The number of rotatable bonds is 16. The molecule has 4 atom stereocenters. The summed E-state index contributed by atoms with van der Waals surface area (Å²) < 4.78 is 0. The van der Waals surface area contributed by atoms with Gasteiger partial charge in [0.25, 0.3) is 0 Å². The molecule has 12 N–H and O–H groups in total. The second kappa shape index (κ2) is 15.4. The van der Waals surface area contributed by atoms with Crippen molar-refractivity contribution in [2.24, 2.45) is 28.1 Å². The van der Waals surface area contributed by atoms with Gasteiger partial charge in [0.05, 0.1) is 12.6 Å². The Morgan fingerprint density at radius 1 is 0.882 bits per heavy atom. The lowest BCUT2D eigenvalue weighted by Crippen LogP contribution is -2.58. The predicted octanol–water partition coefficient (Wildman–Crippen LogP) is -3.58. The van der Waals surface area contributed by atoms with Gasteiger partial charge in [0.2, 0.25) is 17.7 Å². The minimum Gasteiger partial charge on any atom is -0.481 e. The van der Waals surface area contributed by atoms with Crippen molar-refractivity contribution in [3.05, 3.63) is 0 Å². The normalized spacial score (nSPS) is 14.3. The Balaban J connectivity index is 5.23. The number of nitrogens with zero attached hydrogens (tertiary/aromatic N) is 1. The Kier molecular flexibility index (Phi) is 13.8. The predicted molar refractivity (Wildman–Crippen MR) is 120 cm³/mol. The number of guanidine groups is 1. The molecule has 15 heteroatoms. The van der Waals surface area contributed by atoms with Gasteiger partial charge in [-0.25, -0.2) is 4.79 Å². The fourth-order valence-electron chi connectivity index (χ4n) is 2.70. The summed E-state index contributed by atoms with van der Waals surface area (Å²) in [6.07, 6.45) is -0.269. The van der Waals surface area contributed by atoms with E-state index in [2.05, 4.69) is 20.9 Å². The molecule has 0 saturated carbocycles. The van der Waals surface area contributed by atoms with Gasteiger partial charge in [-0.1, -0.05) is 13.8 Å². The molecular formula is C19H35N7O8. The van der Waals surface area contributed by atoms with Crippen molar-refractivity contribution in [3.8, 4) is 0 Å². The third kappa shape index (κ3) is 12.0. The maximum atomic E-state index is 12.7. The second-order valence-electron chi connectivity index (χ2n) is 7.86. The number of amides is 3. The molecule has 34 heavy (non-hydrogen) atoms. The van der Waals surface area contributed by atoms with E-state index in [1.54, 1.807) is 13.8 Å². The summed E-state index contributed by atoms with van der Waals surface area (Å²) in [6.45, 7) is 2.48. The molecule has 0 aromatic rings. The van der Waals surface area contributed by atoms with E-state index < -0.39 is 72.8 Å². The number of nitrogens with one attached hydrogen (secondary N) is 3. The van der Waals surface area contributed by atoms with Gasteiger partial charge in [-0.2, -0.15) is 0 Å². The van der Waals surface area contributed by atoms with Gasteiger partial charge in [-0.15, -0.1) is 0 Å². The molecule has 0 spiro atoms. The molecule has 4 unspecified atom stereocenters. The molecule has 0 heterocycles. The quantitative estimate of drug-likeness (QED) is 0.0580. The van der Waals surface area contributed by atoms with E-state index in [4.69, 9.17) is 22.3 Å². The summed E-state index contributed by atoms with van der Waals surface area (Å²) in [6, 6.07) is -5.23. The molecule has 0 aliphatic heterocycles. The van der Waals surface area contributed by atoms with E-state index in [-0.39, 0.29) is 25.3 Å². The van der Waals surface area contributed by atoms with Crippen LogP contribution < -0.4 is 33.2 Å². The lowest BCUT2D eigenvalue weighted by Gasteiger charge is -2.25. The number of nitrogens with two attached hydrogens (primary N) is 3. The highest BCUT2D eigenvalue weighted by Gasteiger charge is 2.31. The number of aliphatic imine (C=N–C) groups is 1. The van der Waals surface area contributed by atoms with Gasteiger partial charge < -0.3 is 48.5 Å². The van der Waals surface area contributed by atoms with Crippen LogP contribution in [0.3, 0.4) is 0 Å². The molecule has 15 nitrogen and oxygen atoms in total. The summed E-state index contributed by atoms with van der Waals surface area (Å²) in [5.74, 6) is -5.78. The molecule has 0 saturated heterocycles. The van der Waals surface area contributed by atoms with E-state index in [9.17, 15) is 34.2 Å². The van der Waals surface area contributed by atoms with Crippen LogP contribution in [0.4, 0.5) is 0 Å². The molecule has 0 fully saturated rings. The lowest BCUT2D eigenvalue weighted by molar-refractivity contribution is -0.143. The topological polar surface area (TPSA) is 273 Å². The van der Waals surface area contributed by atoms with Crippen molar-refractivity contribution >= 4 is 35.6 Å². The maximum absolute atomic E-state index is 12.7. The molecule has 0 bridgehead atoms. The van der Waals surface area contributed by atoms with Crippen molar-refractivity contribution in [1.29, 1.82) is 0 Å². The monoisotopic (exact) mass is 489 g/mol. The second-order valence-corrected chi connectivity index (χ2v) is 7.86. The molecule has 0 aliphatic rings. The highest BCUT2D eigenvalue weighted by molar-refractivity contribution is 5.94. The number of carbonyl (C=O) groups excluding carboxylic acids is 3. The fourth-order valence-corrected chi connectivity index (χ4v) is 2.70. The zero-order chi connectivity index (χ0) is 26.4. The van der Waals surface area contributed by atoms with Crippen LogP contribution in [0.15, 0.2) is 4.99 Å². The number of carboxylic acids is 2. The zero-order valence-electron chi connectivity index (χ0n) is 19.2. The molecule has 0 aliphatic carbocycles. The van der Waals surface area contributed by atoms with E-state index in [0.717, 1.165) is 0 Å². The van der Waals surface area contributed by atoms with Crippen LogP contribution in [-0.2, 0) is 24.0 Å². The minimum absolute atomic E-state index is 0.117. The number of aliphatic carboxylic acids is 2. The van der Waals surface area contributed by atoms with Crippen molar-refractivity contribution in [2.45, 2.75) is 63.7 Å². The molecule has 194 valence electrons. The molecule has 0 radical (unpaired) electrons. The van der Waals surface area contributed by atoms with Crippen LogP contribution in [0.5, 0.6) is 0 Å². The first kappa shape index (κ1) is 30.5. The standard InChI is InChI=1S/C19H35N7O8/c1-9(2)14(18(33)34)26-17(32)12(8-27)25-16(31)11(5-6-13(28)29)24-15(30)10(20)4-3-7-23-19(21)22/h9-12,14,27H,3-8,20H2,1-2H3,(H,24,30)(H,25,31)(H,26,32)(H,28,29)(H,33,34)(H4,21,22,23). The van der Waals surface area contributed by atoms with Crippen LogP contribution in [-0.4, -0.2) is 88.3 Å². The molecule has 0 aromatic heterocycles. The molecular weight excluding hydrogens is 454 g/mol. The summed E-state index contributed by atoms with van der Waals surface area (Å²) in [5, 5.41) is 34.4. The highest BCUT2D eigenvalue weighted by atomic mass is 16.4. The largest absolute Gasteiger partial charge is 0.481 e. The third-order valence-electron chi connectivity index (χ3n) is 4.63.